The summed E-state index contributed by atoms with van der Waals surface area (Å²) in [6.45, 7) is 5.28. The molecular weight excluding hydrogens is 611 g/mol. The molecule has 4 heterocycles. The van der Waals surface area contributed by atoms with Crippen molar-refractivity contribution >= 4 is 57.2 Å². The van der Waals surface area contributed by atoms with Gasteiger partial charge >= 0.3 is 0 Å². The topological polar surface area (TPSA) is 153 Å². The molecule has 4 aromatic rings. The van der Waals surface area contributed by atoms with Crippen molar-refractivity contribution in [1.29, 1.82) is 0 Å². The number of aliphatic hydroxyl groups excluding tert-OH is 2. The highest BCUT2D eigenvalue weighted by atomic mass is 35.5. The van der Waals surface area contributed by atoms with Gasteiger partial charge in [0.15, 0.2) is 34.0 Å². The smallest absolute Gasteiger partial charge is 0.226 e. The Hall–Kier alpha value is -2.88. The monoisotopic (exact) mass is 650 g/mol. The summed E-state index contributed by atoms with van der Waals surface area (Å²) in [5.41, 5.74) is 2.84. The van der Waals surface area contributed by atoms with Crippen molar-refractivity contribution in [3.8, 4) is 0 Å². The average molecular weight is 652 g/mol. The highest BCUT2D eigenvalue weighted by molar-refractivity contribution is 6.29. The third kappa shape index (κ3) is 7.16. The van der Waals surface area contributed by atoms with Gasteiger partial charge in [0.25, 0.3) is 0 Å². The second kappa shape index (κ2) is 15.4. The zero-order valence-electron chi connectivity index (χ0n) is 25.1. The minimum atomic E-state index is -0.0605. The number of halogens is 2. The van der Waals surface area contributed by atoms with Gasteiger partial charge in [-0.2, -0.15) is 19.9 Å². The van der Waals surface area contributed by atoms with E-state index >= 15 is 0 Å². The fourth-order valence-corrected chi connectivity index (χ4v) is 6.23. The van der Waals surface area contributed by atoms with E-state index in [-0.39, 0.29) is 37.0 Å². The maximum atomic E-state index is 8.94. The number of aliphatic hydroxyl groups is 2. The Morgan fingerprint density at radius 3 is 1.43 bits per heavy atom. The van der Waals surface area contributed by atoms with E-state index < -0.39 is 0 Å². The van der Waals surface area contributed by atoms with Crippen molar-refractivity contribution in [3.05, 3.63) is 23.2 Å². The van der Waals surface area contributed by atoms with E-state index in [1.54, 1.807) is 10.1 Å². The summed E-state index contributed by atoms with van der Waals surface area (Å²) in [7, 11) is 0. The molecule has 0 bridgehead atoms. The van der Waals surface area contributed by atoms with Gasteiger partial charge in [-0.1, -0.05) is 25.7 Å². The standard InChI is InChI=1S/2C14H20ClN5O2/c2*1-2-20(22-8-7-21)13-11-12(17-14(15)18-13)19(9-16-11)10-5-3-4-6-10/h2*9-10,21H,2-8H2,1H3. The Morgan fingerprint density at radius 2 is 1.09 bits per heavy atom. The van der Waals surface area contributed by atoms with Crippen LogP contribution in [0.15, 0.2) is 12.7 Å². The summed E-state index contributed by atoms with van der Waals surface area (Å²) in [5, 5.41) is 21.4. The molecule has 0 spiro atoms. The lowest BCUT2D eigenvalue weighted by molar-refractivity contribution is 0.0737. The van der Waals surface area contributed by atoms with Crippen LogP contribution in [-0.2, 0) is 9.68 Å². The first-order valence-corrected chi connectivity index (χ1v) is 16.1. The predicted octanol–water partition coefficient (Wildman–Crippen LogP) is 4.69. The molecule has 2 fully saturated rings. The van der Waals surface area contributed by atoms with E-state index in [2.05, 4.69) is 39.0 Å². The lowest BCUT2D eigenvalue weighted by atomic mass is 10.2. The van der Waals surface area contributed by atoms with Crippen molar-refractivity contribution in [2.75, 3.05) is 49.6 Å². The summed E-state index contributed by atoms with van der Waals surface area (Å²) >= 11 is 12.2. The third-order valence-corrected chi connectivity index (χ3v) is 8.25. The van der Waals surface area contributed by atoms with E-state index in [1.807, 2.05) is 26.5 Å². The van der Waals surface area contributed by atoms with Crippen LogP contribution in [-0.4, -0.2) is 88.8 Å². The maximum Gasteiger partial charge on any atom is 0.226 e. The molecule has 0 aliphatic heterocycles. The number of aromatic nitrogens is 8. The van der Waals surface area contributed by atoms with Gasteiger partial charge in [0.2, 0.25) is 10.6 Å². The van der Waals surface area contributed by atoms with E-state index in [1.165, 1.54) is 25.7 Å². The van der Waals surface area contributed by atoms with Crippen LogP contribution in [0.3, 0.4) is 0 Å². The molecule has 0 unspecified atom stereocenters. The van der Waals surface area contributed by atoms with Gasteiger partial charge < -0.3 is 19.3 Å². The van der Waals surface area contributed by atoms with Gasteiger partial charge in [-0.25, -0.2) is 20.1 Å². The normalized spacial score (nSPS) is 15.8. The molecule has 2 aliphatic rings. The molecule has 16 heteroatoms. The molecule has 0 aromatic carbocycles. The highest BCUT2D eigenvalue weighted by Crippen LogP contribution is 2.35. The van der Waals surface area contributed by atoms with Crippen molar-refractivity contribution in [1.82, 2.24) is 39.0 Å². The zero-order chi connectivity index (χ0) is 31.1. The van der Waals surface area contributed by atoms with Crippen LogP contribution in [0, 0.1) is 0 Å². The number of hydroxylamine groups is 2. The number of rotatable bonds is 12. The fourth-order valence-electron chi connectivity index (χ4n) is 5.91. The summed E-state index contributed by atoms with van der Waals surface area (Å²) in [6, 6.07) is 0.856. The molecule has 2 saturated carbocycles. The Labute approximate surface area is 265 Å². The fraction of sp³-hybridized carbons (Fsp3) is 0.643. The lowest BCUT2D eigenvalue weighted by Gasteiger charge is -2.21. The van der Waals surface area contributed by atoms with Gasteiger partial charge in [0, 0.05) is 25.2 Å². The average Bonchev–Trinajstić information content (AvgIpc) is 3.84. The van der Waals surface area contributed by atoms with Gasteiger partial charge in [-0.3, -0.25) is 9.68 Å². The van der Waals surface area contributed by atoms with Crippen molar-refractivity contribution in [2.24, 2.45) is 0 Å². The van der Waals surface area contributed by atoms with Crippen LogP contribution >= 0.6 is 23.2 Å². The summed E-state index contributed by atoms with van der Waals surface area (Å²) in [5.74, 6) is 1.09. The maximum absolute atomic E-state index is 8.94. The lowest BCUT2D eigenvalue weighted by Crippen LogP contribution is -2.26. The van der Waals surface area contributed by atoms with Crippen LogP contribution < -0.4 is 10.1 Å². The zero-order valence-corrected chi connectivity index (χ0v) is 26.7. The summed E-state index contributed by atoms with van der Waals surface area (Å²) in [4.78, 5) is 37.2. The van der Waals surface area contributed by atoms with E-state index in [0.29, 0.717) is 47.8 Å². The Morgan fingerprint density at radius 1 is 0.705 bits per heavy atom. The number of fused-ring (bicyclic) bond motifs is 2. The minimum Gasteiger partial charge on any atom is -0.394 e. The quantitative estimate of drug-likeness (QED) is 0.161. The van der Waals surface area contributed by atoms with E-state index in [9.17, 15) is 0 Å². The molecule has 4 aromatic heterocycles. The van der Waals surface area contributed by atoms with E-state index in [0.717, 1.165) is 37.0 Å². The Kier molecular flexibility index (Phi) is 11.4. The van der Waals surface area contributed by atoms with Crippen LogP contribution in [0.5, 0.6) is 0 Å². The second-order valence-electron chi connectivity index (χ2n) is 10.7. The number of nitrogens with zero attached hydrogens (tertiary/aromatic N) is 10. The SMILES string of the molecule is CCN(OCCO)c1nc(Cl)nc2c1ncn2C1CCCC1.CCN(OCCO)c1nc(Cl)nc2c1ncn2C1CCCC1. The van der Waals surface area contributed by atoms with E-state index in [4.69, 9.17) is 43.1 Å². The molecule has 0 saturated heterocycles. The third-order valence-electron chi connectivity index (χ3n) is 7.91. The molecule has 6 rings (SSSR count). The largest absolute Gasteiger partial charge is 0.394 e. The summed E-state index contributed by atoms with van der Waals surface area (Å²) in [6.07, 6.45) is 13.1. The van der Waals surface area contributed by atoms with Crippen LogP contribution in [0.25, 0.3) is 22.3 Å². The van der Waals surface area contributed by atoms with Crippen molar-refractivity contribution < 1.29 is 19.9 Å². The van der Waals surface area contributed by atoms with Gasteiger partial charge in [0.05, 0.1) is 39.1 Å². The molecule has 14 nitrogen and oxygen atoms in total. The molecule has 2 aliphatic carbocycles. The molecule has 0 atom stereocenters. The molecular formula is C28H40Cl2N10O4. The molecule has 44 heavy (non-hydrogen) atoms. The second-order valence-corrected chi connectivity index (χ2v) is 11.3. The molecule has 0 radical (unpaired) electrons. The number of anilines is 2. The van der Waals surface area contributed by atoms with Gasteiger partial charge in [-0.05, 0) is 62.7 Å². The van der Waals surface area contributed by atoms with Crippen LogP contribution in [0.2, 0.25) is 10.6 Å². The number of hydrogen-bond acceptors (Lipinski definition) is 12. The summed E-state index contributed by atoms with van der Waals surface area (Å²) < 4.78 is 4.19. The highest BCUT2D eigenvalue weighted by Gasteiger charge is 2.25. The first kappa shape index (κ1) is 32.5. The predicted molar refractivity (Wildman–Crippen MR) is 168 cm³/mol. The first-order chi connectivity index (χ1) is 21.5. The first-order valence-electron chi connectivity index (χ1n) is 15.3. The van der Waals surface area contributed by atoms with Crippen molar-refractivity contribution in [3.63, 3.8) is 0 Å². The Bertz CT molecular complexity index is 1390. The molecule has 2 N–H and O–H groups in total. The number of hydrogen-bond donors (Lipinski definition) is 2. The number of imidazole rings is 2. The molecule has 240 valence electrons. The van der Waals surface area contributed by atoms with Crippen LogP contribution in [0.4, 0.5) is 11.6 Å². The van der Waals surface area contributed by atoms with Crippen LogP contribution in [0.1, 0.15) is 77.3 Å². The van der Waals surface area contributed by atoms with Crippen molar-refractivity contribution in [2.45, 2.75) is 77.3 Å². The minimum absolute atomic E-state index is 0.0605. The molecule has 0 amide bonds. The van der Waals surface area contributed by atoms with Gasteiger partial charge in [-0.15, -0.1) is 0 Å². The van der Waals surface area contributed by atoms with Gasteiger partial charge in [0.1, 0.15) is 0 Å². The Balaban J connectivity index is 0.000000175.